The molecule has 8 heteroatoms. The molecule has 1 aliphatic rings. The molecule has 0 unspecified atom stereocenters. The number of anilines is 1. The quantitative estimate of drug-likeness (QED) is 0.336. The van der Waals surface area contributed by atoms with Gasteiger partial charge in [0.15, 0.2) is 11.0 Å². The average Bonchev–Trinajstić information content (AvgIpc) is 3.26. The molecule has 3 aromatic carbocycles. The van der Waals surface area contributed by atoms with Crippen molar-refractivity contribution in [1.29, 1.82) is 0 Å². The summed E-state index contributed by atoms with van der Waals surface area (Å²) in [6.07, 6.45) is 0. The average molecular weight is 489 g/mol. The van der Waals surface area contributed by atoms with Crippen molar-refractivity contribution in [2.45, 2.75) is 16.1 Å². The fourth-order valence-electron chi connectivity index (χ4n) is 4.12. The summed E-state index contributed by atoms with van der Waals surface area (Å²) < 4.78 is 7.39. The van der Waals surface area contributed by atoms with Gasteiger partial charge in [-0.25, -0.2) is 0 Å². The number of carbonyl (C=O) groups is 1. The van der Waals surface area contributed by atoms with Gasteiger partial charge in [-0.1, -0.05) is 66.4 Å². The van der Waals surface area contributed by atoms with Crippen LogP contribution in [-0.2, 0) is 11.8 Å². The summed E-state index contributed by atoms with van der Waals surface area (Å²) in [4.78, 5) is 16.7. The van der Waals surface area contributed by atoms with E-state index in [0.717, 1.165) is 33.2 Å². The van der Waals surface area contributed by atoms with Gasteiger partial charge in [-0.05, 0) is 29.8 Å². The minimum Gasteiger partial charge on any atom is -0.496 e. The highest BCUT2D eigenvalue weighted by atomic mass is 32.2. The molecule has 0 aliphatic carbocycles. The Morgan fingerprint density at radius 1 is 1.03 bits per heavy atom. The van der Waals surface area contributed by atoms with Gasteiger partial charge in [0.1, 0.15) is 5.75 Å². The van der Waals surface area contributed by atoms with Crippen LogP contribution in [0.25, 0.3) is 11.4 Å². The zero-order valence-electron chi connectivity index (χ0n) is 18.9. The number of carbonyl (C=O) groups excluding carboxylic acids is 1. The number of amides is 1. The molecule has 0 bridgehead atoms. The van der Waals surface area contributed by atoms with Crippen LogP contribution in [0.1, 0.15) is 11.6 Å². The van der Waals surface area contributed by atoms with Gasteiger partial charge in [0, 0.05) is 17.7 Å². The molecule has 6 nitrogen and oxygen atoms in total. The fourth-order valence-corrected chi connectivity index (χ4v) is 6.06. The summed E-state index contributed by atoms with van der Waals surface area (Å²) in [7, 11) is 3.55. The minimum atomic E-state index is -0.0159. The van der Waals surface area contributed by atoms with Crippen LogP contribution in [0.3, 0.4) is 0 Å². The number of fused-ring (bicyclic) bond motifs is 1. The lowest BCUT2D eigenvalue weighted by Crippen LogP contribution is -2.39. The zero-order valence-corrected chi connectivity index (χ0v) is 20.6. The molecule has 5 rings (SSSR count). The fraction of sp³-hybridized carbons (Fsp3) is 0.192. The lowest BCUT2D eigenvalue weighted by Gasteiger charge is -2.37. The maximum atomic E-state index is 13.6. The topological polar surface area (TPSA) is 60.3 Å². The van der Waals surface area contributed by atoms with Crippen molar-refractivity contribution >= 4 is 35.1 Å². The Kier molecular flexibility index (Phi) is 6.60. The van der Waals surface area contributed by atoms with Crippen molar-refractivity contribution in [2.24, 2.45) is 7.05 Å². The molecule has 1 aromatic heterocycles. The number of hydrogen-bond acceptors (Lipinski definition) is 6. The van der Waals surface area contributed by atoms with Crippen LogP contribution in [0.5, 0.6) is 5.75 Å². The molecular weight excluding hydrogens is 464 g/mol. The maximum Gasteiger partial charge on any atom is 0.238 e. The van der Waals surface area contributed by atoms with Crippen molar-refractivity contribution in [3.8, 4) is 17.1 Å². The summed E-state index contributed by atoms with van der Waals surface area (Å²) in [6, 6.07) is 26.1. The van der Waals surface area contributed by atoms with Gasteiger partial charge in [-0.3, -0.25) is 4.79 Å². The van der Waals surface area contributed by atoms with Crippen LogP contribution >= 0.6 is 23.5 Å². The van der Waals surface area contributed by atoms with Gasteiger partial charge in [-0.2, -0.15) is 0 Å². The van der Waals surface area contributed by atoms with Crippen molar-refractivity contribution < 1.29 is 9.53 Å². The van der Waals surface area contributed by atoms with Gasteiger partial charge < -0.3 is 14.2 Å². The highest BCUT2D eigenvalue weighted by Crippen LogP contribution is 2.43. The number of rotatable bonds is 6. The Hall–Kier alpha value is -3.23. The van der Waals surface area contributed by atoms with Gasteiger partial charge in [0.05, 0.1) is 30.2 Å². The first-order chi connectivity index (χ1) is 16.7. The van der Waals surface area contributed by atoms with Crippen LogP contribution in [-0.4, -0.2) is 39.3 Å². The van der Waals surface area contributed by atoms with Crippen LogP contribution in [0.2, 0.25) is 0 Å². The first-order valence-electron chi connectivity index (χ1n) is 10.9. The van der Waals surface area contributed by atoms with E-state index in [2.05, 4.69) is 28.4 Å². The number of nitrogens with zero attached hydrogens (tertiary/aromatic N) is 4. The van der Waals surface area contributed by atoms with E-state index in [1.807, 2.05) is 77.2 Å². The highest BCUT2D eigenvalue weighted by molar-refractivity contribution is 8.00. The summed E-state index contributed by atoms with van der Waals surface area (Å²) >= 11 is 3.20. The maximum absolute atomic E-state index is 13.6. The third-order valence-electron chi connectivity index (χ3n) is 5.79. The summed E-state index contributed by atoms with van der Waals surface area (Å²) in [5.41, 5.74) is 2.97. The van der Waals surface area contributed by atoms with E-state index >= 15 is 0 Å². The van der Waals surface area contributed by atoms with E-state index in [0.29, 0.717) is 11.0 Å². The highest BCUT2D eigenvalue weighted by Gasteiger charge is 2.32. The SMILES string of the molecule is COc1ccccc1-c1nnc(SCC(=O)N2c3ccccc3SC[C@@H]2c2ccccc2)n1C. The van der Waals surface area contributed by atoms with Gasteiger partial charge in [0.25, 0.3) is 0 Å². The lowest BCUT2D eigenvalue weighted by atomic mass is 10.1. The number of thioether (sulfide) groups is 2. The van der Waals surface area contributed by atoms with Crippen LogP contribution in [0.4, 0.5) is 5.69 Å². The van der Waals surface area contributed by atoms with E-state index in [1.54, 1.807) is 18.9 Å². The van der Waals surface area contributed by atoms with Crippen molar-refractivity contribution in [1.82, 2.24) is 14.8 Å². The van der Waals surface area contributed by atoms with E-state index in [9.17, 15) is 4.79 Å². The standard InChI is InChI=1S/C26H24N4O2S2/c1-29-25(19-12-6-8-14-22(19)32-2)27-28-26(29)34-17-24(31)30-20-13-7-9-15-23(20)33-16-21(30)18-10-4-3-5-11-18/h3-15,21H,16-17H2,1-2H3/t21-/m1/s1. The first kappa shape index (κ1) is 22.6. The van der Waals surface area contributed by atoms with Gasteiger partial charge in [0.2, 0.25) is 5.91 Å². The molecule has 0 saturated heterocycles. The molecule has 1 atom stereocenters. The lowest BCUT2D eigenvalue weighted by molar-refractivity contribution is -0.116. The molecule has 0 radical (unpaired) electrons. The van der Waals surface area contributed by atoms with Crippen molar-refractivity contribution in [2.75, 3.05) is 23.5 Å². The number of benzene rings is 3. The second-order valence-electron chi connectivity index (χ2n) is 7.82. The number of methoxy groups -OCH3 is 1. The molecule has 2 heterocycles. The molecule has 0 saturated carbocycles. The molecule has 0 fully saturated rings. The second kappa shape index (κ2) is 9.95. The number of hydrogen-bond donors (Lipinski definition) is 0. The molecule has 4 aromatic rings. The number of aromatic nitrogens is 3. The predicted octanol–water partition coefficient (Wildman–Crippen LogP) is 5.46. The Morgan fingerprint density at radius 2 is 1.76 bits per heavy atom. The summed E-state index contributed by atoms with van der Waals surface area (Å²) in [5.74, 6) is 2.57. The van der Waals surface area contributed by atoms with E-state index in [1.165, 1.54) is 11.8 Å². The molecule has 1 amide bonds. The van der Waals surface area contributed by atoms with E-state index in [4.69, 9.17) is 4.74 Å². The summed E-state index contributed by atoms with van der Waals surface area (Å²) in [5, 5.41) is 9.40. The largest absolute Gasteiger partial charge is 0.496 e. The molecule has 0 N–H and O–H groups in total. The zero-order chi connectivity index (χ0) is 23.5. The predicted molar refractivity (Wildman–Crippen MR) is 138 cm³/mol. The smallest absolute Gasteiger partial charge is 0.238 e. The normalized spacial score (nSPS) is 15.1. The Morgan fingerprint density at radius 3 is 2.59 bits per heavy atom. The molecule has 0 spiro atoms. The minimum absolute atomic E-state index is 0.0159. The molecular formula is C26H24N4O2S2. The third-order valence-corrected chi connectivity index (χ3v) is 7.94. The van der Waals surface area contributed by atoms with E-state index in [-0.39, 0.29) is 17.7 Å². The Balaban J connectivity index is 1.40. The number of ether oxygens (including phenoxy) is 1. The van der Waals surface area contributed by atoms with Crippen LogP contribution < -0.4 is 9.64 Å². The molecule has 1 aliphatic heterocycles. The van der Waals surface area contributed by atoms with Crippen molar-refractivity contribution in [3.05, 3.63) is 84.4 Å². The van der Waals surface area contributed by atoms with Crippen LogP contribution in [0, 0.1) is 0 Å². The molecule has 172 valence electrons. The van der Waals surface area contributed by atoms with Crippen LogP contribution in [0.15, 0.2) is 88.9 Å². The third kappa shape index (κ3) is 4.31. The first-order valence-corrected chi connectivity index (χ1v) is 12.9. The second-order valence-corrected chi connectivity index (χ2v) is 9.83. The monoisotopic (exact) mass is 488 g/mol. The summed E-state index contributed by atoms with van der Waals surface area (Å²) in [6.45, 7) is 0. The Labute approximate surface area is 207 Å². The Bertz CT molecular complexity index is 1310. The van der Waals surface area contributed by atoms with Gasteiger partial charge in [-0.15, -0.1) is 22.0 Å². The van der Waals surface area contributed by atoms with Gasteiger partial charge >= 0.3 is 0 Å². The van der Waals surface area contributed by atoms with E-state index < -0.39 is 0 Å². The van der Waals surface area contributed by atoms with Crippen molar-refractivity contribution in [3.63, 3.8) is 0 Å². The number of para-hydroxylation sites is 2. The molecule has 34 heavy (non-hydrogen) atoms.